The predicted octanol–water partition coefficient (Wildman–Crippen LogP) is 5.31. The second-order valence-electron chi connectivity index (χ2n) is 8.11. The van der Waals surface area contributed by atoms with Crippen LogP contribution in [0.3, 0.4) is 0 Å². The molecular formula is C28H21FN4O2S. The Bertz CT molecular complexity index is 1600. The summed E-state index contributed by atoms with van der Waals surface area (Å²) >= 11 is 1.29. The highest BCUT2D eigenvalue weighted by atomic mass is 32.2. The number of pyridine rings is 1. The van der Waals surface area contributed by atoms with E-state index in [-0.39, 0.29) is 17.3 Å². The average molecular weight is 497 g/mol. The van der Waals surface area contributed by atoms with Crippen LogP contribution in [0.2, 0.25) is 0 Å². The largest absolute Gasteiger partial charge is 0.348 e. The number of aryl methyl sites for hydroxylation is 1. The highest BCUT2D eigenvalue weighted by molar-refractivity contribution is 7.99. The molecule has 5 aromatic rings. The third-order valence-electron chi connectivity index (χ3n) is 5.63. The number of halogens is 1. The van der Waals surface area contributed by atoms with E-state index in [2.05, 4.69) is 15.3 Å². The average Bonchev–Trinajstić information content (AvgIpc) is 2.89. The Hall–Kier alpha value is -4.30. The first-order valence-corrected chi connectivity index (χ1v) is 12.1. The molecule has 0 atom stereocenters. The molecule has 0 bridgehead atoms. The Morgan fingerprint density at radius 1 is 0.917 bits per heavy atom. The summed E-state index contributed by atoms with van der Waals surface area (Å²) in [5.74, 6) is -0.521. The lowest BCUT2D eigenvalue weighted by Gasteiger charge is -2.12. The molecule has 0 saturated carbocycles. The molecule has 0 unspecified atom stereocenters. The van der Waals surface area contributed by atoms with Gasteiger partial charge < -0.3 is 5.32 Å². The smallest absolute Gasteiger partial charge is 0.256 e. The molecule has 0 aliphatic heterocycles. The standard InChI is InChI=1S/C28H21FN4O2S/c1-18-24-15-16-25(34)33(26(24)32-28(31-18)36-23-13-9-21(29)10-14-23)22-11-7-20(8-12-22)27(35)30-17-19-5-3-2-4-6-19/h2-16H,17H2,1H3,(H,30,35). The van der Waals surface area contributed by atoms with Crippen LogP contribution in [0.5, 0.6) is 0 Å². The van der Waals surface area contributed by atoms with Crippen molar-refractivity contribution in [1.82, 2.24) is 19.9 Å². The van der Waals surface area contributed by atoms with Gasteiger partial charge in [0, 0.05) is 28.5 Å². The maximum Gasteiger partial charge on any atom is 0.256 e. The monoisotopic (exact) mass is 496 g/mol. The van der Waals surface area contributed by atoms with Gasteiger partial charge >= 0.3 is 0 Å². The van der Waals surface area contributed by atoms with Crippen LogP contribution in [0.4, 0.5) is 4.39 Å². The summed E-state index contributed by atoms with van der Waals surface area (Å²) in [4.78, 5) is 35.5. The number of hydrogen-bond donors (Lipinski definition) is 1. The maximum atomic E-state index is 13.3. The molecular weight excluding hydrogens is 475 g/mol. The number of nitrogens with zero attached hydrogens (tertiary/aromatic N) is 3. The molecule has 2 aromatic heterocycles. The first-order valence-electron chi connectivity index (χ1n) is 11.2. The number of carbonyl (C=O) groups excluding carboxylic acids is 1. The second kappa shape index (κ2) is 10.1. The van der Waals surface area contributed by atoms with Gasteiger partial charge in [0.2, 0.25) is 0 Å². The molecule has 36 heavy (non-hydrogen) atoms. The zero-order valence-corrected chi connectivity index (χ0v) is 20.1. The molecule has 3 aromatic carbocycles. The maximum absolute atomic E-state index is 13.3. The van der Waals surface area contributed by atoms with Gasteiger partial charge in [-0.15, -0.1) is 0 Å². The second-order valence-corrected chi connectivity index (χ2v) is 9.15. The van der Waals surface area contributed by atoms with Crippen LogP contribution in [0.25, 0.3) is 16.7 Å². The van der Waals surface area contributed by atoms with E-state index < -0.39 is 0 Å². The van der Waals surface area contributed by atoms with Crippen LogP contribution in [0, 0.1) is 12.7 Å². The van der Waals surface area contributed by atoms with Gasteiger partial charge in [-0.2, -0.15) is 0 Å². The quantitative estimate of drug-likeness (QED) is 0.323. The molecule has 5 rings (SSSR count). The van der Waals surface area contributed by atoms with Crippen molar-refractivity contribution >= 4 is 28.7 Å². The molecule has 0 aliphatic rings. The van der Waals surface area contributed by atoms with Gasteiger partial charge in [0.25, 0.3) is 11.5 Å². The first kappa shape index (κ1) is 23.4. The van der Waals surface area contributed by atoms with Crippen molar-refractivity contribution in [3.8, 4) is 5.69 Å². The molecule has 0 fully saturated rings. The number of amides is 1. The highest BCUT2D eigenvalue weighted by Gasteiger charge is 2.14. The molecule has 1 amide bonds. The summed E-state index contributed by atoms with van der Waals surface area (Å²) in [6.07, 6.45) is 0. The molecule has 0 radical (unpaired) electrons. The van der Waals surface area contributed by atoms with Crippen molar-refractivity contribution in [3.63, 3.8) is 0 Å². The van der Waals surface area contributed by atoms with Crippen LogP contribution in [0.1, 0.15) is 21.6 Å². The third-order valence-corrected chi connectivity index (χ3v) is 6.50. The zero-order valence-electron chi connectivity index (χ0n) is 19.3. The lowest BCUT2D eigenvalue weighted by molar-refractivity contribution is 0.0951. The van der Waals surface area contributed by atoms with Gasteiger partial charge in [0.15, 0.2) is 10.8 Å². The number of fused-ring (bicyclic) bond motifs is 1. The van der Waals surface area contributed by atoms with Gasteiger partial charge in [-0.05, 0) is 78.8 Å². The summed E-state index contributed by atoms with van der Waals surface area (Å²) in [7, 11) is 0. The van der Waals surface area contributed by atoms with E-state index in [0.29, 0.717) is 28.6 Å². The number of benzene rings is 3. The number of carbonyl (C=O) groups is 1. The minimum Gasteiger partial charge on any atom is -0.348 e. The van der Waals surface area contributed by atoms with E-state index in [0.717, 1.165) is 21.5 Å². The molecule has 8 heteroatoms. The summed E-state index contributed by atoms with van der Waals surface area (Å²) in [6, 6.07) is 25.7. The Labute approximate surface area is 210 Å². The minimum absolute atomic E-state index is 0.202. The molecule has 6 nitrogen and oxygen atoms in total. The fourth-order valence-electron chi connectivity index (χ4n) is 3.79. The topological polar surface area (TPSA) is 76.9 Å². The summed E-state index contributed by atoms with van der Waals surface area (Å²) in [6.45, 7) is 2.28. The van der Waals surface area contributed by atoms with Crippen molar-refractivity contribution in [2.24, 2.45) is 0 Å². The molecule has 0 aliphatic carbocycles. The van der Waals surface area contributed by atoms with Crippen LogP contribution >= 0.6 is 11.8 Å². The van der Waals surface area contributed by atoms with E-state index in [1.807, 2.05) is 37.3 Å². The molecule has 178 valence electrons. The highest BCUT2D eigenvalue weighted by Crippen LogP contribution is 2.27. The van der Waals surface area contributed by atoms with Gasteiger partial charge in [0.1, 0.15) is 5.82 Å². The third kappa shape index (κ3) is 5.04. The minimum atomic E-state index is -0.319. The van der Waals surface area contributed by atoms with Crippen molar-refractivity contribution in [2.45, 2.75) is 23.5 Å². The summed E-state index contributed by atoms with van der Waals surface area (Å²) in [5.41, 5.74) is 3.01. The molecule has 1 N–H and O–H groups in total. The predicted molar refractivity (Wildman–Crippen MR) is 138 cm³/mol. The SMILES string of the molecule is Cc1nc(Sc2ccc(F)cc2)nc2c1ccc(=O)n2-c1ccc(C(=O)NCc2ccccc2)cc1. The lowest BCUT2D eigenvalue weighted by Crippen LogP contribution is -2.23. The molecule has 2 heterocycles. The fraction of sp³-hybridized carbons (Fsp3) is 0.0714. The van der Waals surface area contributed by atoms with Gasteiger partial charge in [-0.3, -0.25) is 14.2 Å². The van der Waals surface area contributed by atoms with E-state index in [1.54, 1.807) is 42.5 Å². The Kier molecular flexibility index (Phi) is 6.60. The Balaban J connectivity index is 1.45. The van der Waals surface area contributed by atoms with Crippen LogP contribution in [0.15, 0.2) is 106 Å². The molecule has 0 spiro atoms. The summed E-state index contributed by atoms with van der Waals surface area (Å²) in [5, 5.41) is 4.09. The van der Waals surface area contributed by atoms with Gasteiger partial charge in [-0.25, -0.2) is 14.4 Å². The Morgan fingerprint density at radius 3 is 2.36 bits per heavy atom. The van der Waals surface area contributed by atoms with E-state index >= 15 is 0 Å². The number of rotatable bonds is 6. The van der Waals surface area contributed by atoms with Crippen LogP contribution in [-0.2, 0) is 6.54 Å². The van der Waals surface area contributed by atoms with Crippen molar-refractivity contribution in [3.05, 3.63) is 124 Å². The normalized spacial score (nSPS) is 10.9. The van der Waals surface area contributed by atoms with Crippen molar-refractivity contribution in [1.29, 1.82) is 0 Å². The number of nitrogens with one attached hydrogen (secondary N) is 1. The zero-order chi connectivity index (χ0) is 25.1. The first-order chi connectivity index (χ1) is 17.5. The number of aromatic nitrogens is 3. The van der Waals surface area contributed by atoms with Gasteiger partial charge in [-0.1, -0.05) is 30.3 Å². The lowest BCUT2D eigenvalue weighted by atomic mass is 10.1. The van der Waals surface area contributed by atoms with Gasteiger partial charge in [0.05, 0.1) is 11.4 Å². The van der Waals surface area contributed by atoms with Crippen molar-refractivity contribution < 1.29 is 9.18 Å². The van der Waals surface area contributed by atoms with E-state index in [9.17, 15) is 14.0 Å². The Morgan fingerprint density at radius 2 is 1.64 bits per heavy atom. The van der Waals surface area contributed by atoms with Crippen molar-refractivity contribution in [2.75, 3.05) is 0 Å². The van der Waals surface area contributed by atoms with E-state index in [1.165, 1.54) is 34.5 Å². The van der Waals surface area contributed by atoms with Crippen LogP contribution in [-0.4, -0.2) is 20.4 Å². The fourth-order valence-corrected chi connectivity index (χ4v) is 4.58. The summed E-state index contributed by atoms with van der Waals surface area (Å²) < 4.78 is 14.8. The van der Waals surface area contributed by atoms with E-state index in [4.69, 9.17) is 0 Å². The number of hydrogen-bond acceptors (Lipinski definition) is 5. The van der Waals surface area contributed by atoms with Crippen LogP contribution < -0.4 is 10.9 Å². The molecule has 0 saturated heterocycles.